The molecule has 0 unspecified atom stereocenters. The van der Waals surface area contributed by atoms with Crippen molar-refractivity contribution in [1.82, 2.24) is 14.5 Å². The number of rotatable bonds is 5. The van der Waals surface area contributed by atoms with Crippen LogP contribution < -0.4 is 5.32 Å². The number of nitrogens with one attached hydrogen (secondary N) is 1. The lowest BCUT2D eigenvalue weighted by Gasteiger charge is -2.09. The number of thiazole rings is 2. The zero-order valence-corrected chi connectivity index (χ0v) is 18.6. The van der Waals surface area contributed by atoms with Gasteiger partial charge in [-0.05, 0) is 37.3 Å². The van der Waals surface area contributed by atoms with Crippen molar-refractivity contribution in [3.8, 4) is 27.0 Å². The number of carbonyl (C=O) groups excluding carboxylic acids is 1. The average Bonchev–Trinajstić information content (AvgIpc) is 3.55. The Morgan fingerprint density at radius 2 is 1.69 bits per heavy atom. The fourth-order valence-electron chi connectivity index (χ4n) is 3.32. The molecule has 5 aromatic rings. The molecule has 0 fully saturated rings. The molecule has 0 spiro atoms. The maximum Gasteiger partial charge on any atom is 0.267 e. The van der Waals surface area contributed by atoms with E-state index in [1.165, 1.54) is 28.7 Å². The maximum absolute atomic E-state index is 14.2. The van der Waals surface area contributed by atoms with Crippen LogP contribution in [-0.2, 0) is 0 Å². The Hall–Kier alpha value is -3.62. The predicted octanol–water partition coefficient (Wildman–Crippen LogP) is 6.42. The molecule has 1 N–H and O–H groups in total. The molecular formula is C24H17FN4OS2. The number of anilines is 1. The van der Waals surface area contributed by atoms with E-state index >= 15 is 0 Å². The second-order valence-electron chi connectivity index (χ2n) is 7.02. The van der Waals surface area contributed by atoms with E-state index in [2.05, 4.69) is 15.3 Å². The van der Waals surface area contributed by atoms with Gasteiger partial charge in [0.1, 0.15) is 15.7 Å². The Bertz CT molecular complexity index is 1410. The van der Waals surface area contributed by atoms with Crippen molar-refractivity contribution in [2.24, 2.45) is 0 Å². The van der Waals surface area contributed by atoms with Gasteiger partial charge in [-0.15, -0.1) is 11.3 Å². The number of amides is 1. The molecule has 0 aliphatic rings. The summed E-state index contributed by atoms with van der Waals surface area (Å²) in [7, 11) is 0. The first kappa shape index (κ1) is 20.3. The number of para-hydroxylation sites is 1. The normalized spacial score (nSPS) is 10.9. The summed E-state index contributed by atoms with van der Waals surface area (Å²) in [5.74, 6) is -0.537. The molecule has 158 valence electrons. The molecule has 2 aromatic carbocycles. The first-order valence-electron chi connectivity index (χ1n) is 9.82. The van der Waals surface area contributed by atoms with Crippen LogP contribution in [0, 0.1) is 12.7 Å². The van der Waals surface area contributed by atoms with Crippen LogP contribution in [0.2, 0.25) is 0 Å². The SMILES string of the molecule is Cc1nc(-n2cccc2)sc1C(=O)Nc1ccccc1-c1csc(-c2ccccc2F)n1. The quantitative estimate of drug-likeness (QED) is 0.329. The number of aromatic nitrogens is 3. The van der Waals surface area contributed by atoms with Gasteiger partial charge >= 0.3 is 0 Å². The van der Waals surface area contributed by atoms with E-state index in [4.69, 9.17) is 0 Å². The Morgan fingerprint density at radius 1 is 0.969 bits per heavy atom. The molecule has 5 rings (SSSR count). The lowest BCUT2D eigenvalue weighted by atomic mass is 10.1. The van der Waals surface area contributed by atoms with E-state index in [-0.39, 0.29) is 11.7 Å². The monoisotopic (exact) mass is 460 g/mol. The predicted molar refractivity (Wildman–Crippen MR) is 127 cm³/mol. The van der Waals surface area contributed by atoms with Crippen LogP contribution >= 0.6 is 22.7 Å². The highest BCUT2D eigenvalue weighted by molar-refractivity contribution is 7.16. The molecule has 0 aliphatic carbocycles. The Kier molecular flexibility index (Phi) is 5.38. The molecule has 8 heteroatoms. The summed E-state index contributed by atoms with van der Waals surface area (Å²) in [6.45, 7) is 1.82. The van der Waals surface area contributed by atoms with Gasteiger partial charge in [0.05, 0.1) is 17.1 Å². The van der Waals surface area contributed by atoms with Crippen LogP contribution in [0.4, 0.5) is 10.1 Å². The first-order chi connectivity index (χ1) is 15.6. The van der Waals surface area contributed by atoms with Crippen molar-refractivity contribution >= 4 is 34.3 Å². The third-order valence-corrected chi connectivity index (χ3v) is 6.92. The molecular weight excluding hydrogens is 443 g/mol. The number of carbonyl (C=O) groups is 1. The van der Waals surface area contributed by atoms with Crippen LogP contribution in [-0.4, -0.2) is 20.4 Å². The summed E-state index contributed by atoms with van der Waals surface area (Å²) in [5.41, 5.74) is 3.22. The minimum atomic E-state index is -0.311. The van der Waals surface area contributed by atoms with Crippen molar-refractivity contribution in [3.63, 3.8) is 0 Å². The molecule has 0 atom stereocenters. The molecule has 5 nitrogen and oxygen atoms in total. The standard InChI is InChI=1S/C24H17FN4OS2/c1-15-21(32-24(26-15)29-12-6-7-13-29)22(30)27-19-11-5-3-9-17(19)20-14-31-23(28-20)16-8-2-4-10-18(16)25/h2-14H,1H3,(H,27,30). The van der Waals surface area contributed by atoms with Gasteiger partial charge in [-0.3, -0.25) is 4.79 Å². The molecule has 0 saturated carbocycles. The largest absolute Gasteiger partial charge is 0.321 e. The fraction of sp³-hybridized carbons (Fsp3) is 0.0417. The highest BCUT2D eigenvalue weighted by Crippen LogP contribution is 2.34. The summed E-state index contributed by atoms with van der Waals surface area (Å²) in [6, 6.07) is 17.9. The van der Waals surface area contributed by atoms with Crippen LogP contribution in [0.3, 0.4) is 0 Å². The minimum Gasteiger partial charge on any atom is -0.321 e. The lowest BCUT2D eigenvalue weighted by Crippen LogP contribution is -2.12. The number of hydrogen-bond acceptors (Lipinski definition) is 5. The minimum absolute atomic E-state index is 0.226. The maximum atomic E-state index is 14.2. The number of benzene rings is 2. The molecule has 0 aliphatic heterocycles. The summed E-state index contributed by atoms with van der Waals surface area (Å²) in [6.07, 6.45) is 3.79. The zero-order chi connectivity index (χ0) is 22.1. The Morgan fingerprint density at radius 3 is 2.47 bits per heavy atom. The van der Waals surface area contributed by atoms with E-state index in [1.54, 1.807) is 18.2 Å². The molecule has 0 bridgehead atoms. The highest BCUT2D eigenvalue weighted by atomic mass is 32.1. The second kappa shape index (κ2) is 8.49. The van der Waals surface area contributed by atoms with Crippen molar-refractivity contribution in [2.75, 3.05) is 5.32 Å². The van der Waals surface area contributed by atoms with Crippen molar-refractivity contribution < 1.29 is 9.18 Å². The second-order valence-corrected chi connectivity index (χ2v) is 8.85. The van der Waals surface area contributed by atoms with Gasteiger partial charge in [0, 0.05) is 28.9 Å². The summed E-state index contributed by atoms with van der Waals surface area (Å²) >= 11 is 2.70. The van der Waals surface area contributed by atoms with Gasteiger partial charge < -0.3 is 9.88 Å². The van der Waals surface area contributed by atoms with Crippen molar-refractivity contribution in [2.45, 2.75) is 6.92 Å². The van der Waals surface area contributed by atoms with E-state index in [9.17, 15) is 9.18 Å². The smallest absolute Gasteiger partial charge is 0.267 e. The van der Waals surface area contributed by atoms with Crippen LogP contribution in [0.25, 0.3) is 27.0 Å². The Balaban J connectivity index is 1.44. The number of nitrogens with zero attached hydrogens (tertiary/aromatic N) is 3. The number of aryl methyl sites for hydroxylation is 1. The summed E-state index contributed by atoms with van der Waals surface area (Å²) in [4.78, 5) is 22.7. The fourth-order valence-corrected chi connectivity index (χ4v) is 5.09. The van der Waals surface area contributed by atoms with Gasteiger partial charge in [-0.25, -0.2) is 14.4 Å². The topological polar surface area (TPSA) is 59.8 Å². The van der Waals surface area contributed by atoms with Gasteiger partial charge in [0.15, 0.2) is 5.13 Å². The van der Waals surface area contributed by atoms with Crippen LogP contribution in [0.15, 0.2) is 78.4 Å². The van der Waals surface area contributed by atoms with Crippen LogP contribution in [0.1, 0.15) is 15.4 Å². The molecule has 32 heavy (non-hydrogen) atoms. The Labute approximate surface area is 191 Å². The zero-order valence-electron chi connectivity index (χ0n) is 16.9. The summed E-state index contributed by atoms with van der Waals surface area (Å²) < 4.78 is 16.0. The molecule has 3 aromatic heterocycles. The van der Waals surface area contributed by atoms with E-state index in [0.717, 1.165) is 10.7 Å². The lowest BCUT2D eigenvalue weighted by molar-refractivity contribution is 0.103. The van der Waals surface area contributed by atoms with E-state index in [1.807, 2.05) is 65.7 Å². The first-order valence-corrected chi connectivity index (χ1v) is 11.5. The average molecular weight is 461 g/mol. The van der Waals surface area contributed by atoms with Gasteiger partial charge in [0.2, 0.25) is 0 Å². The van der Waals surface area contributed by atoms with E-state index < -0.39 is 0 Å². The molecule has 1 amide bonds. The third kappa shape index (κ3) is 3.86. The molecule has 0 saturated heterocycles. The van der Waals surface area contributed by atoms with Gasteiger partial charge in [0.25, 0.3) is 5.91 Å². The highest BCUT2D eigenvalue weighted by Gasteiger charge is 2.19. The summed E-state index contributed by atoms with van der Waals surface area (Å²) in [5, 5.41) is 6.20. The number of halogens is 1. The third-order valence-electron chi connectivity index (χ3n) is 4.88. The van der Waals surface area contributed by atoms with Gasteiger partial charge in [-0.1, -0.05) is 41.7 Å². The van der Waals surface area contributed by atoms with E-state index in [0.29, 0.717) is 32.5 Å². The van der Waals surface area contributed by atoms with Crippen molar-refractivity contribution in [3.05, 3.63) is 94.8 Å². The molecule has 3 heterocycles. The number of hydrogen-bond donors (Lipinski definition) is 1. The van der Waals surface area contributed by atoms with Crippen molar-refractivity contribution in [1.29, 1.82) is 0 Å². The van der Waals surface area contributed by atoms with Crippen LogP contribution in [0.5, 0.6) is 0 Å². The van der Waals surface area contributed by atoms with Gasteiger partial charge in [-0.2, -0.15) is 0 Å². The molecule has 0 radical (unpaired) electrons.